The van der Waals surface area contributed by atoms with Gasteiger partial charge in [-0.1, -0.05) is 242 Å². The van der Waals surface area contributed by atoms with Gasteiger partial charge in [-0.25, -0.2) is 4.57 Å². The molecular formula is C61H115NO8P+. The smallest absolute Gasteiger partial charge is 0.462 e. The Morgan fingerprint density at radius 1 is 0.437 bits per heavy atom. The van der Waals surface area contributed by atoms with Gasteiger partial charge in [0, 0.05) is 12.8 Å². The summed E-state index contributed by atoms with van der Waals surface area (Å²) in [6, 6.07) is 0. The van der Waals surface area contributed by atoms with Crippen LogP contribution in [0.3, 0.4) is 0 Å². The number of esters is 2. The molecule has 0 amide bonds. The van der Waals surface area contributed by atoms with E-state index in [9.17, 15) is 19.0 Å². The summed E-state index contributed by atoms with van der Waals surface area (Å²) in [7, 11) is 1.48. The Morgan fingerprint density at radius 3 is 1.15 bits per heavy atom. The standard InChI is InChI=1S/C61H114NO8P/c1-6-8-10-12-14-16-18-20-22-23-24-25-26-27-28-29-30-31-32-33-34-35-36-37-38-39-40-42-44-46-48-50-52-54-61(64)70-59(58-69-71(65,66)68-56-55-62(3,4)5)57-67-60(63)53-51-49-47-45-43-41-21-19-17-15-13-11-9-7-2/h13,15,18-21,23-24,59H,6-12,14,16-17,22,25-58H2,1-5H3/p+1/b15-13-,20-18-,21-19-,24-23-. The number of carbonyl (C=O) groups is 2. The topological polar surface area (TPSA) is 108 Å². The van der Waals surface area contributed by atoms with E-state index >= 15 is 0 Å². The molecule has 0 bridgehead atoms. The minimum atomic E-state index is -4.39. The van der Waals surface area contributed by atoms with E-state index in [2.05, 4.69) is 62.5 Å². The van der Waals surface area contributed by atoms with Crippen LogP contribution in [0, 0.1) is 0 Å². The highest BCUT2D eigenvalue weighted by Crippen LogP contribution is 2.43. The number of likely N-dealkylation sites (N-methyl/N-ethyl adjacent to an activating group) is 1. The van der Waals surface area contributed by atoms with Crippen molar-refractivity contribution in [1.29, 1.82) is 0 Å². The van der Waals surface area contributed by atoms with Gasteiger partial charge in [0.05, 0.1) is 27.7 Å². The highest BCUT2D eigenvalue weighted by atomic mass is 31.2. The van der Waals surface area contributed by atoms with Crippen LogP contribution in [0.4, 0.5) is 0 Å². The first-order valence-corrected chi connectivity index (χ1v) is 31.4. The third kappa shape index (κ3) is 57.1. The molecule has 71 heavy (non-hydrogen) atoms. The Balaban J connectivity index is 4.00. The second-order valence-electron chi connectivity index (χ2n) is 21.4. The van der Waals surface area contributed by atoms with Crippen molar-refractivity contribution in [2.45, 2.75) is 283 Å². The van der Waals surface area contributed by atoms with Crippen LogP contribution in [0.15, 0.2) is 48.6 Å². The van der Waals surface area contributed by atoms with Crippen molar-refractivity contribution in [1.82, 2.24) is 0 Å². The number of phosphoric ester groups is 1. The summed E-state index contributed by atoms with van der Waals surface area (Å²) in [5, 5.41) is 0. The van der Waals surface area contributed by atoms with Gasteiger partial charge in [0.1, 0.15) is 19.8 Å². The van der Waals surface area contributed by atoms with Crippen molar-refractivity contribution in [3.05, 3.63) is 48.6 Å². The molecule has 0 radical (unpaired) electrons. The summed E-state index contributed by atoms with van der Waals surface area (Å²) in [5.41, 5.74) is 0. The van der Waals surface area contributed by atoms with Gasteiger partial charge >= 0.3 is 19.8 Å². The first kappa shape index (κ1) is 69.0. The van der Waals surface area contributed by atoms with Crippen molar-refractivity contribution in [3.63, 3.8) is 0 Å². The summed E-state index contributed by atoms with van der Waals surface area (Å²) >= 11 is 0. The average molecular weight is 1020 g/mol. The van der Waals surface area contributed by atoms with Gasteiger partial charge in [-0.05, 0) is 70.6 Å². The Kier molecular flexibility index (Phi) is 51.3. The van der Waals surface area contributed by atoms with Crippen LogP contribution in [-0.4, -0.2) is 74.9 Å². The quantitative estimate of drug-likeness (QED) is 0.0211. The number of carbonyl (C=O) groups excluding carboxylic acids is 2. The Labute approximate surface area is 439 Å². The third-order valence-corrected chi connectivity index (χ3v) is 14.1. The molecule has 2 unspecified atom stereocenters. The molecule has 0 aliphatic rings. The predicted molar refractivity (Wildman–Crippen MR) is 303 cm³/mol. The SMILES string of the molecule is CCCC/C=C\C/C=C\CCCCCCCC(=O)OCC(COP(=O)(O)OCC[N+](C)(C)C)OC(=O)CCCCCCCCCCCCCCCCCCCCCCC/C=C\C/C=C\CCCCCCC. The van der Waals surface area contributed by atoms with Crippen molar-refractivity contribution >= 4 is 19.8 Å². The lowest BCUT2D eigenvalue weighted by molar-refractivity contribution is -0.870. The monoisotopic (exact) mass is 1020 g/mol. The maximum atomic E-state index is 12.8. The number of hydrogen-bond acceptors (Lipinski definition) is 7. The third-order valence-electron chi connectivity index (χ3n) is 13.1. The van der Waals surface area contributed by atoms with Crippen LogP contribution >= 0.6 is 7.82 Å². The number of ether oxygens (including phenoxy) is 2. The fourth-order valence-corrected chi connectivity index (χ4v) is 9.16. The van der Waals surface area contributed by atoms with E-state index in [4.69, 9.17) is 18.5 Å². The molecule has 10 heteroatoms. The minimum Gasteiger partial charge on any atom is -0.462 e. The van der Waals surface area contributed by atoms with Crippen LogP contribution < -0.4 is 0 Å². The molecule has 1 N–H and O–H groups in total. The minimum absolute atomic E-state index is 0.0299. The maximum Gasteiger partial charge on any atom is 0.472 e. The normalized spacial score (nSPS) is 13.6. The van der Waals surface area contributed by atoms with Gasteiger partial charge in [-0.2, -0.15) is 0 Å². The molecule has 0 heterocycles. The summed E-state index contributed by atoms with van der Waals surface area (Å²) in [4.78, 5) is 35.6. The number of phosphoric acid groups is 1. The summed E-state index contributed by atoms with van der Waals surface area (Å²) < 4.78 is 34.5. The predicted octanol–water partition coefficient (Wildman–Crippen LogP) is 18.5. The number of quaternary nitrogens is 1. The van der Waals surface area contributed by atoms with Gasteiger partial charge in [-0.15, -0.1) is 0 Å². The van der Waals surface area contributed by atoms with Crippen LogP contribution in [-0.2, 0) is 32.7 Å². The maximum absolute atomic E-state index is 12.8. The zero-order valence-corrected chi connectivity index (χ0v) is 48.1. The van der Waals surface area contributed by atoms with Crippen molar-refractivity contribution < 1.29 is 42.1 Å². The van der Waals surface area contributed by atoms with Crippen molar-refractivity contribution in [2.75, 3.05) is 47.5 Å². The molecule has 0 aromatic heterocycles. The lowest BCUT2D eigenvalue weighted by atomic mass is 10.0. The van der Waals surface area contributed by atoms with E-state index in [1.807, 2.05) is 21.1 Å². The van der Waals surface area contributed by atoms with Gasteiger partial charge < -0.3 is 18.9 Å². The van der Waals surface area contributed by atoms with Crippen LogP contribution in [0.25, 0.3) is 0 Å². The molecule has 0 saturated carbocycles. The molecule has 2 atom stereocenters. The number of hydrogen-bond donors (Lipinski definition) is 1. The molecule has 0 aliphatic heterocycles. The Bertz CT molecular complexity index is 1340. The summed E-state index contributed by atoms with van der Waals surface area (Å²) in [5.74, 6) is -0.805. The van der Waals surface area contributed by atoms with Crippen LogP contribution in [0.2, 0.25) is 0 Å². The molecule has 416 valence electrons. The van der Waals surface area contributed by atoms with Crippen LogP contribution in [0.1, 0.15) is 277 Å². The average Bonchev–Trinajstić information content (AvgIpc) is 3.33. The van der Waals surface area contributed by atoms with E-state index in [1.54, 1.807) is 0 Å². The fraction of sp³-hybridized carbons (Fsp3) is 0.836. The zero-order chi connectivity index (χ0) is 52.0. The molecule has 0 fully saturated rings. The molecule has 0 aromatic rings. The Morgan fingerprint density at radius 2 is 0.775 bits per heavy atom. The van der Waals surface area contributed by atoms with Crippen molar-refractivity contribution in [3.8, 4) is 0 Å². The molecule has 0 rings (SSSR count). The van der Waals surface area contributed by atoms with Crippen LogP contribution in [0.5, 0.6) is 0 Å². The largest absolute Gasteiger partial charge is 0.472 e. The van der Waals surface area contributed by atoms with E-state index < -0.39 is 26.5 Å². The second-order valence-corrected chi connectivity index (χ2v) is 22.8. The van der Waals surface area contributed by atoms with Gasteiger partial charge in [0.25, 0.3) is 0 Å². The zero-order valence-electron chi connectivity index (χ0n) is 47.2. The molecule has 0 aliphatic carbocycles. The first-order chi connectivity index (χ1) is 34.5. The highest BCUT2D eigenvalue weighted by Gasteiger charge is 2.27. The molecule has 0 aromatic carbocycles. The Hall–Kier alpha value is -2.03. The summed E-state index contributed by atoms with van der Waals surface area (Å²) in [6.45, 7) is 4.39. The van der Waals surface area contributed by atoms with E-state index in [0.717, 1.165) is 64.2 Å². The van der Waals surface area contributed by atoms with E-state index in [1.165, 1.54) is 180 Å². The number of allylic oxidation sites excluding steroid dienone is 8. The molecule has 0 saturated heterocycles. The van der Waals surface area contributed by atoms with E-state index in [0.29, 0.717) is 17.4 Å². The number of rotatable bonds is 55. The molecule has 0 spiro atoms. The lowest BCUT2D eigenvalue weighted by Crippen LogP contribution is -2.37. The molecule has 9 nitrogen and oxygen atoms in total. The molecular weight excluding hydrogens is 906 g/mol. The highest BCUT2D eigenvalue weighted by molar-refractivity contribution is 7.47. The second kappa shape index (κ2) is 52.8. The van der Waals surface area contributed by atoms with E-state index in [-0.39, 0.29) is 32.0 Å². The van der Waals surface area contributed by atoms with Gasteiger partial charge in [0.2, 0.25) is 0 Å². The summed E-state index contributed by atoms with van der Waals surface area (Å²) in [6.07, 6.45) is 66.3. The van der Waals surface area contributed by atoms with Gasteiger partial charge in [0.15, 0.2) is 6.10 Å². The first-order valence-electron chi connectivity index (χ1n) is 29.9. The lowest BCUT2D eigenvalue weighted by Gasteiger charge is -2.24. The fourth-order valence-electron chi connectivity index (χ4n) is 8.42. The number of unbranched alkanes of at least 4 members (excludes halogenated alkanes) is 33. The van der Waals surface area contributed by atoms with Crippen molar-refractivity contribution in [2.24, 2.45) is 0 Å². The van der Waals surface area contributed by atoms with Gasteiger partial charge in [-0.3, -0.25) is 18.6 Å². The number of nitrogens with zero attached hydrogens (tertiary/aromatic N) is 1.